The second-order valence-corrected chi connectivity index (χ2v) is 13.9. The van der Waals surface area contributed by atoms with Crippen LogP contribution in [0.5, 0.6) is 0 Å². The minimum atomic E-state index is -1.33. The molecular weight excluding hydrogens is 646 g/mol. The number of rotatable bonds is 14. The molecule has 14 nitrogen and oxygen atoms in total. The van der Waals surface area contributed by atoms with Gasteiger partial charge in [-0.15, -0.1) is 0 Å². The van der Waals surface area contributed by atoms with Crippen molar-refractivity contribution < 1.29 is 43.8 Å². The van der Waals surface area contributed by atoms with E-state index >= 15 is 0 Å². The van der Waals surface area contributed by atoms with Crippen molar-refractivity contribution in [1.82, 2.24) is 20.9 Å². The molecule has 2 aromatic carbocycles. The smallest absolute Gasteiger partial charge is 0.305 e. The Labute approximate surface area is 290 Å². The number of benzene rings is 2. The summed E-state index contributed by atoms with van der Waals surface area (Å²) in [5, 5.41) is 29.6. The molecule has 2 aromatic rings. The van der Waals surface area contributed by atoms with Gasteiger partial charge in [0.15, 0.2) is 0 Å². The Bertz CT molecular complexity index is 1630. The second-order valence-electron chi connectivity index (χ2n) is 13.9. The second kappa shape index (κ2) is 16.0. The maximum atomic E-state index is 14.5. The molecule has 0 saturated carbocycles. The first-order valence-corrected chi connectivity index (χ1v) is 16.6. The van der Waals surface area contributed by atoms with Crippen molar-refractivity contribution in [3.63, 3.8) is 0 Å². The van der Waals surface area contributed by atoms with Crippen molar-refractivity contribution in [2.45, 2.75) is 96.4 Å². The summed E-state index contributed by atoms with van der Waals surface area (Å²) in [5.41, 5.74) is 3.10. The van der Waals surface area contributed by atoms with Gasteiger partial charge in [0.25, 0.3) is 0 Å². The lowest BCUT2D eigenvalue weighted by Gasteiger charge is -2.41. The number of nitrogens with zero attached hydrogens (tertiary/aromatic N) is 1. The van der Waals surface area contributed by atoms with Crippen LogP contribution < -0.4 is 21.3 Å². The van der Waals surface area contributed by atoms with Crippen molar-refractivity contribution in [2.24, 2.45) is 5.41 Å². The molecule has 6 N–H and O–H groups in total. The van der Waals surface area contributed by atoms with Gasteiger partial charge in [0.05, 0.1) is 12.5 Å². The van der Waals surface area contributed by atoms with Crippen LogP contribution in [0.15, 0.2) is 42.5 Å². The molecule has 0 saturated heterocycles. The number of aryl methyl sites for hydroxylation is 1. The van der Waals surface area contributed by atoms with Crippen LogP contribution in [0.1, 0.15) is 74.8 Å². The van der Waals surface area contributed by atoms with Gasteiger partial charge in [-0.2, -0.15) is 0 Å². The molecule has 14 heteroatoms. The fourth-order valence-electron chi connectivity index (χ4n) is 6.37. The molecule has 268 valence electrons. The first kappa shape index (κ1) is 37.5. The molecule has 0 fully saturated rings. The van der Waals surface area contributed by atoms with Crippen LogP contribution in [0, 0.1) is 12.3 Å². The molecule has 4 rings (SSSR count). The van der Waals surface area contributed by atoms with Crippen molar-refractivity contribution in [2.75, 3.05) is 11.9 Å². The highest BCUT2D eigenvalue weighted by molar-refractivity contribution is 5.97. The predicted octanol–water partition coefficient (Wildman–Crippen LogP) is 1.89. The Morgan fingerprint density at radius 3 is 2.32 bits per heavy atom. The third kappa shape index (κ3) is 9.24. The van der Waals surface area contributed by atoms with E-state index in [4.69, 9.17) is 0 Å². The molecule has 0 spiro atoms. The Morgan fingerprint density at radius 1 is 0.960 bits per heavy atom. The molecule has 0 aliphatic carbocycles. The van der Waals surface area contributed by atoms with E-state index in [1.54, 1.807) is 32.9 Å². The number of carboxylic acid groups (broad SMARTS) is 2. The van der Waals surface area contributed by atoms with Crippen LogP contribution in [0.4, 0.5) is 5.69 Å². The van der Waals surface area contributed by atoms with Gasteiger partial charge in [-0.3, -0.25) is 28.8 Å². The largest absolute Gasteiger partial charge is 0.481 e. The molecule has 0 aromatic heterocycles. The fourth-order valence-corrected chi connectivity index (χ4v) is 6.37. The van der Waals surface area contributed by atoms with Crippen LogP contribution in [0.3, 0.4) is 0 Å². The van der Waals surface area contributed by atoms with Crippen LogP contribution >= 0.6 is 0 Å². The molecule has 0 radical (unpaired) electrons. The zero-order chi connectivity index (χ0) is 36.7. The molecule has 5 atom stereocenters. The average molecular weight is 692 g/mol. The molecule has 2 heterocycles. The number of aldehydes is 1. The zero-order valence-electron chi connectivity index (χ0n) is 28.7. The summed E-state index contributed by atoms with van der Waals surface area (Å²) >= 11 is 0. The molecule has 2 aliphatic rings. The highest BCUT2D eigenvalue weighted by Gasteiger charge is 2.44. The summed E-state index contributed by atoms with van der Waals surface area (Å²) in [5.74, 6) is -4.84. The number of fused-ring (bicyclic) bond motifs is 2. The molecule has 50 heavy (non-hydrogen) atoms. The van der Waals surface area contributed by atoms with Gasteiger partial charge in [-0.25, -0.2) is 0 Å². The van der Waals surface area contributed by atoms with Gasteiger partial charge in [-0.05, 0) is 54.4 Å². The number of para-hydroxylation sites is 1. The standard InChI is InChI=1S/C36H45N5O9/c1-20-12-13-24-21(16-20)14-15-41(30(24)34(49)37-23(19-42)18-29(45)46)35(50)31(36(2,3)4)40-32(47)26(10-7-11-28(43)44)39-33(48)27-17-22-8-5-6-9-25(22)38-27/h5-6,8-9,12-13,16,19,23,26-27,30-31,38H,7,10-11,14-15,17-18H2,1-4H3,(H,37,49)(H,39,48)(H,40,47)(H,43,44)(H,45,46)/t23-,26-,27-,30-,31+/m0/s1. The summed E-state index contributed by atoms with van der Waals surface area (Å²) in [4.78, 5) is 91.1. The zero-order valence-corrected chi connectivity index (χ0v) is 28.7. The lowest BCUT2D eigenvalue weighted by atomic mass is 9.83. The van der Waals surface area contributed by atoms with Gasteiger partial charge >= 0.3 is 11.9 Å². The molecule has 2 aliphatic heterocycles. The number of carbonyl (C=O) groups is 7. The first-order valence-electron chi connectivity index (χ1n) is 16.6. The van der Waals surface area contributed by atoms with Crippen LogP contribution in [0.2, 0.25) is 0 Å². The number of anilines is 1. The third-order valence-corrected chi connectivity index (χ3v) is 8.95. The lowest BCUT2D eigenvalue weighted by Crippen LogP contribution is -2.61. The van der Waals surface area contributed by atoms with Crippen molar-refractivity contribution in [3.05, 3.63) is 64.7 Å². The fraction of sp³-hybridized carbons (Fsp3) is 0.472. The van der Waals surface area contributed by atoms with E-state index in [0.29, 0.717) is 24.7 Å². The summed E-state index contributed by atoms with van der Waals surface area (Å²) in [7, 11) is 0. The molecule has 0 unspecified atom stereocenters. The average Bonchev–Trinajstić information content (AvgIpc) is 3.49. The first-order chi connectivity index (χ1) is 23.6. The Kier molecular flexibility index (Phi) is 12.0. The van der Waals surface area contributed by atoms with Gasteiger partial charge < -0.3 is 41.2 Å². The topological polar surface area (TPSA) is 211 Å². The number of carboxylic acids is 2. The number of nitrogens with one attached hydrogen (secondary N) is 4. The Hall–Kier alpha value is -5.27. The summed E-state index contributed by atoms with van der Waals surface area (Å²) < 4.78 is 0. The van der Waals surface area contributed by atoms with E-state index in [-0.39, 0.29) is 25.8 Å². The van der Waals surface area contributed by atoms with Gasteiger partial charge in [0.2, 0.25) is 23.6 Å². The van der Waals surface area contributed by atoms with Crippen LogP contribution in [-0.4, -0.2) is 87.7 Å². The minimum absolute atomic E-state index is 0.00721. The van der Waals surface area contributed by atoms with Crippen LogP contribution in [0.25, 0.3) is 0 Å². The highest BCUT2D eigenvalue weighted by Crippen LogP contribution is 2.34. The van der Waals surface area contributed by atoms with E-state index in [0.717, 1.165) is 22.4 Å². The lowest BCUT2D eigenvalue weighted by molar-refractivity contribution is -0.147. The number of hydrogen-bond acceptors (Lipinski definition) is 8. The van der Waals surface area contributed by atoms with Gasteiger partial charge in [0, 0.05) is 25.1 Å². The van der Waals surface area contributed by atoms with E-state index in [9.17, 15) is 43.8 Å². The monoisotopic (exact) mass is 691 g/mol. The maximum Gasteiger partial charge on any atom is 0.305 e. The number of carbonyl (C=O) groups excluding carboxylic acids is 5. The van der Waals surface area contributed by atoms with Crippen molar-refractivity contribution in [1.29, 1.82) is 0 Å². The molecule has 4 amide bonds. The number of aliphatic carboxylic acids is 2. The summed E-state index contributed by atoms with van der Waals surface area (Å²) in [6.07, 6.45) is 0.315. The Morgan fingerprint density at radius 2 is 1.68 bits per heavy atom. The molecular formula is C36H45N5O9. The van der Waals surface area contributed by atoms with Crippen molar-refractivity contribution >= 4 is 47.5 Å². The van der Waals surface area contributed by atoms with Crippen LogP contribution in [-0.2, 0) is 46.4 Å². The number of hydrogen-bond donors (Lipinski definition) is 6. The summed E-state index contributed by atoms with van der Waals surface area (Å²) in [6.45, 7) is 7.19. The van der Waals surface area contributed by atoms with Gasteiger partial charge in [-0.1, -0.05) is 62.7 Å². The SMILES string of the molecule is Cc1ccc2c(c1)CCN(C(=O)[C@@H](NC(=O)[C@H](CCCC(=O)O)NC(=O)[C@@H]1Cc3ccccc3N1)C(C)(C)C)[C@@H]2C(=O)N[C@H](C=O)CC(=O)O. The minimum Gasteiger partial charge on any atom is -0.481 e. The molecule has 0 bridgehead atoms. The predicted molar refractivity (Wildman–Crippen MR) is 182 cm³/mol. The number of amides is 4. The van der Waals surface area contributed by atoms with E-state index in [1.165, 1.54) is 4.90 Å². The van der Waals surface area contributed by atoms with E-state index in [1.807, 2.05) is 37.3 Å². The summed E-state index contributed by atoms with van der Waals surface area (Å²) in [6, 6.07) is 7.25. The Balaban J connectivity index is 1.60. The van der Waals surface area contributed by atoms with E-state index < -0.39 is 77.6 Å². The normalized spacial score (nSPS) is 18.3. The quantitative estimate of drug-likeness (QED) is 0.158. The third-order valence-electron chi connectivity index (χ3n) is 8.95. The van der Waals surface area contributed by atoms with Crippen molar-refractivity contribution in [3.8, 4) is 0 Å². The maximum absolute atomic E-state index is 14.5. The highest BCUT2D eigenvalue weighted by atomic mass is 16.4. The van der Waals surface area contributed by atoms with E-state index in [2.05, 4.69) is 21.3 Å². The van der Waals surface area contributed by atoms with Gasteiger partial charge in [0.1, 0.15) is 30.5 Å².